The Morgan fingerprint density at radius 3 is 1.93 bits per heavy atom. The maximum atomic E-state index is 13.6. The third-order valence-corrected chi connectivity index (χ3v) is 7.90. The molecule has 0 heterocycles. The molecule has 0 aliphatic heterocycles. The molecule has 2 saturated carbocycles. The van der Waals surface area contributed by atoms with Crippen LogP contribution in [0.5, 0.6) is 0 Å². The summed E-state index contributed by atoms with van der Waals surface area (Å²) in [6.07, 6.45) is 6.82. The molecular weight excluding hydrogens is 376 g/mol. The predicted octanol–water partition coefficient (Wildman–Crippen LogP) is 6.14. The molecule has 1 N–H and O–H groups in total. The van der Waals surface area contributed by atoms with Crippen LogP contribution >= 0.6 is 0 Å². The summed E-state index contributed by atoms with van der Waals surface area (Å²) in [5.74, 6) is 0.987. The van der Waals surface area contributed by atoms with Gasteiger partial charge in [0.15, 0.2) is 0 Å². The molecule has 3 atom stereocenters. The Hall–Kier alpha value is -0.610. The van der Waals surface area contributed by atoms with E-state index in [-0.39, 0.29) is 29.0 Å². The molecule has 0 amide bonds. The van der Waals surface area contributed by atoms with Crippen molar-refractivity contribution in [1.82, 2.24) is 0 Å². The van der Waals surface area contributed by atoms with Gasteiger partial charge in [-0.05, 0) is 81.5 Å². The predicted molar refractivity (Wildman–Crippen MR) is 122 cm³/mol. The van der Waals surface area contributed by atoms with E-state index in [0.717, 1.165) is 38.5 Å². The molecule has 0 saturated heterocycles. The maximum Gasteiger partial charge on any atom is 0.312 e. The van der Waals surface area contributed by atoms with Gasteiger partial charge in [-0.25, -0.2) is 0 Å². The zero-order chi connectivity index (χ0) is 23.0. The molecule has 0 aromatic carbocycles. The lowest BCUT2D eigenvalue weighted by Crippen LogP contribution is -2.52. The fourth-order valence-electron chi connectivity index (χ4n) is 6.28. The molecule has 4 nitrogen and oxygen atoms in total. The average Bonchev–Trinajstić information content (AvgIpc) is 2.56. The second kappa shape index (κ2) is 8.73. The number of carbonyl (C=O) groups is 1. The first-order valence-corrected chi connectivity index (χ1v) is 12.1. The van der Waals surface area contributed by atoms with Gasteiger partial charge in [0, 0.05) is 0 Å². The first-order chi connectivity index (χ1) is 13.6. The van der Waals surface area contributed by atoms with Gasteiger partial charge in [0.1, 0.15) is 5.60 Å². The number of hydrogen-bond acceptors (Lipinski definition) is 4. The molecular formula is C26H48O4. The van der Waals surface area contributed by atoms with E-state index in [0.29, 0.717) is 18.4 Å². The van der Waals surface area contributed by atoms with Gasteiger partial charge < -0.3 is 14.6 Å². The molecule has 0 aromatic rings. The van der Waals surface area contributed by atoms with Crippen LogP contribution in [0.1, 0.15) is 107 Å². The van der Waals surface area contributed by atoms with E-state index in [1.165, 1.54) is 6.42 Å². The molecule has 2 bridgehead atoms. The quantitative estimate of drug-likeness (QED) is 0.498. The minimum Gasteiger partial charge on any atom is -0.459 e. The van der Waals surface area contributed by atoms with E-state index in [2.05, 4.69) is 62.3 Å². The highest BCUT2D eigenvalue weighted by Crippen LogP contribution is 2.53. The lowest BCUT2D eigenvalue weighted by Gasteiger charge is -2.52. The van der Waals surface area contributed by atoms with Crippen LogP contribution in [0.25, 0.3) is 0 Å². The SMILES string of the molecule is CCC1(OCCO)CC2CC(CC(C)(OC(=O)C(C)(CC(C)(C)C)C(C)(C)C)C2)C1. The van der Waals surface area contributed by atoms with Gasteiger partial charge in [0.05, 0.1) is 24.2 Å². The molecule has 2 fully saturated rings. The van der Waals surface area contributed by atoms with Crippen molar-refractivity contribution in [2.45, 2.75) is 118 Å². The average molecular weight is 425 g/mol. The molecule has 30 heavy (non-hydrogen) atoms. The summed E-state index contributed by atoms with van der Waals surface area (Å²) in [6, 6.07) is 0. The fraction of sp³-hybridized carbons (Fsp3) is 0.962. The first kappa shape index (κ1) is 25.6. The smallest absolute Gasteiger partial charge is 0.312 e. The zero-order valence-corrected chi connectivity index (χ0v) is 21.2. The molecule has 0 spiro atoms. The Morgan fingerprint density at radius 2 is 1.53 bits per heavy atom. The zero-order valence-electron chi connectivity index (χ0n) is 21.2. The number of ether oxygens (including phenoxy) is 2. The van der Waals surface area contributed by atoms with Gasteiger partial charge in [-0.2, -0.15) is 0 Å². The summed E-state index contributed by atoms with van der Waals surface area (Å²) >= 11 is 0. The number of aliphatic hydroxyl groups excluding tert-OH is 1. The van der Waals surface area contributed by atoms with Crippen molar-refractivity contribution in [3.05, 3.63) is 0 Å². The summed E-state index contributed by atoms with van der Waals surface area (Å²) < 4.78 is 12.6. The van der Waals surface area contributed by atoms with Gasteiger partial charge in [0.25, 0.3) is 0 Å². The van der Waals surface area contributed by atoms with Crippen LogP contribution in [0, 0.1) is 28.1 Å². The van der Waals surface area contributed by atoms with Crippen LogP contribution in [0.4, 0.5) is 0 Å². The van der Waals surface area contributed by atoms with Crippen LogP contribution in [0.3, 0.4) is 0 Å². The molecule has 4 heteroatoms. The second-order valence-electron chi connectivity index (χ2n) is 13.1. The Morgan fingerprint density at radius 1 is 1.00 bits per heavy atom. The number of rotatable bonds is 7. The van der Waals surface area contributed by atoms with Gasteiger partial charge in [-0.3, -0.25) is 4.79 Å². The van der Waals surface area contributed by atoms with Gasteiger partial charge in [-0.15, -0.1) is 0 Å². The molecule has 2 aliphatic carbocycles. The Kier molecular flexibility index (Phi) is 7.46. The van der Waals surface area contributed by atoms with Crippen molar-refractivity contribution in [3.63, 3.8) is 0 Å². The molecule has 3 unspecified atom stereocenters. The summed E-state index contributed by atoms with van der Waals surface area (Å²) in [7, 11) is 0. The van der Waals surface area contributed by atoms with Crippen LogP contribution in [-0.2, 0) is 14.3 Å². The van der Waals surface area contributed by atoms with Crippen LogP contribution in [0.15, 0.2) is 0 Å². The summed E-state index contributed by atoms with van der Waals surface area (Å²) in [4.78, 5) is 13.6. The number of esters is 1. The van der Waals surface area contributed by atoms with Gasteiger partial charge in [-0.1, -0.05) is 48.5 Å². The number of fused-ring (bicyclic) bond motifs is 2. The summed E-state index contributed by atoms with van der Waals surface area (Å²) in [5, 5.41) is 9.23. The van der Waals surface area contributed by atoms with Gasteiger partial charge >= 0.3 is 5.97 Å². The third kappa shape index (κ3) is 5.79. The van der Waals surface area contributed by atoms with Crippen molar-refractivity contribution in [2.75, 3.05) is 13.2 Å². The lowest BCUT2D eigenvalue weighted by atomic mass is 9.60. The normalized spacial score (nSPS) is 34.3. The van der Waals surface area contributed by atoms with Crippen molar-refractivity contribution in [2.24, 2.45) is 28.1 Å². The van der Waals surface area contributed by atoms with Crippen molar-refractivity contribution >= 4 is 5.97 Å². The van der Waals surface area contributed by atoms with E-state index in [1.807, 2.05) is 0 Å². The van der Waals surface area contributed by atoms with Crippen LogP contribution < -0.4 is 0 Å². The van der Waals surface area contributed by atoms with Gasteiger partial charge in [0.2, 0.25) is 0 Å². The molecule has 0 aromatic heterocycles. The Balaban J connectivity index is 2.17. The Labute approximate surface area is 185 Å². The van der Waals surface area contributed by atoms with Crippen molar-refractivity contribution in [1.29, 1.82) is 0 Å². The lowest BCUT2D eigenvalue weighted by molar-refractivity contribution is -0.194. The minimum absolute atomic E-state index is 0.0364. The van der Waals surface area contributed by atoms with Crippen molar-refractivity contribution in [3.8, 4) is 0 Å². The van der Waals surface area contributed by atoms with E-state index >= 15 is 0 Å². The third-order valence-electron chi connectivity index (χ3n) is 7.90. The van der Waals surface area contributed by atoms with Crippen LogP contribution in [-0.4, -0.2) is 35.5 Å². The fourth-order valence-corrected chi connectivity index (χ4v) is 6.28. The molecule has 2 rings (SSSR count). The van der Waals surface area contributed by atoms with E-state index in [4.69, 9.17) is 9.47 Å². The topological polar surface area (TPSA) is 55.8 Å². The second-order valence-corrected chi connectivity index (χ2v) is 13.1. The monoisotopic (exact) mass is 424 g/mol. The maximum absolute atomic E-state index is 13.6. The number of hydrogen-bond donors (Lipinski definition) is 1. The highest BCUT2D eigenvalue weighted by atomic mass is 16.6. The van der Waals surface area contributed by atoms with E-state index in [1.54, 1.807) is 0 Å². The number of aliphatic hydroxyl groups is 1. The molecule has 2 aliphatic rings. The first-order valence-electron chi connectivity index (χ1n) is 12.1. The standard InChI is InChI=1S/C26H48O4/c1-10-26(29-12-11-27)16-19-13-20(17-26)15-24(8,14-19)30-21(28)25(9,23(5,6)7)18-22(2,3)4/h19-20,27H,10-18H2,1-9H3. The minimum atomic E-state index is -0.530. The molecule has 176 valence electrons. The Bertz CT molecular complexity index is 583. The highest BCUT2D eigenvalue weighted by molar-refractivity contribution is 5.78. The highest BCUT2D eigenvalue weighted by Gasteiger charge is 2.53. The summed E-state index contributed by atoms with van der Waals surface area (Å²) in [6.45, 7) is 20.0. The van der Waals surface area contributed by atoms with E-state index in [9.17, 15) is 9.90 Å². The van der Waals surface area contributed by atoms with Crippen molar-refractivity contribution < 1.29 is 19.4 Å². The van der Waals surface area contributed by atoms with E-state index < -0.39 is 11.0 Å². The number of carbonyl (C=O) groups excluding carboxylic acids is 1. The summed E-state index contributed by atoms with van der Waals surface area (Å²) in [5.41, 5.74) is -1.17. The largest absolute Gasteiger partial charge is 0.459 e. The van der Waals surface area contributed by atoms with Crippen LogP contribution in [0.2, 0.25) is 0 Å². The molecule has 0 radical (unpaired) electrons.